The summed E-state index contributed by atoms with van der Waals surface area (Å²) < 4.78 is 0. The Morgan fingerprint density at radius 3 is 2.68 bits per heavy atom. The number of aryl methyl sites for hydroxylation is 1. The second-order valence-corrected chi connectivity index (χ2v) is 4.67. The number of carboxylic acid groups (broad SMARTS) is 1. The van der Waals surface area contributed by atoms with Gasteiger partial charge < -0.3 is 15.3 Å². The van der Waals surface area contributed by atoms with Crippen molar-refractivity contribution in [1.29, 1.82) is 0 Å². The summed E-state index contributed by atoms with van der Waals surface area (Å²) in [4.78, 5) is 27.8. The van der Waals surface area contributed by atoms with Crippen molar-refractivity contribution in [2.45, 2.75) is 19.8 Å². The fraction of sp³-hybridized carbons (Fsp3) is 0.636. The predicted octanol–water partition coefficient (Wildman–Crippen LogP) is 0.233. The molecule has 1 aromatic rings. The highest BCUT2D eigenvalue weighted by Gasteiger charge is 2.23. The lowest BCUT2D eigenvalue weighted by atomic mass is 9.97. The van der Waals surface area contributed by atoms with Crippen LogP contribution in [0.1, 0.15) is 29.3 Å². The third kappa shape index (κ3) is 3.43. The molecule has 0 radical (unpaired) electrons. The highest BCUT2D eigenvalue weighted by molar-refractivity contribution is 5.90. The Balaban J connectivity index is 1.75. The first-order valence-corrected chi connectivity index (χ1v) is 6.21. The predicted molar refractivity (Wildman–Crippen MR) is 65.8 cm³/mol. The SMILES string of the molecule is Cc1nc(C(=O)NCC2CCN(C(=O)O)CC2)n[nH]1. The summed E-state index contributed by atoms with van der Waals surface area (Å²) >= 11 is 0. The average molecular weight is 267 g/mol. The number of carbonyl (C=O) groups is 2. The third-order valence-electron chi connectivity index (χ3n) is 3.24. The third-order valence-corrected chi connectivity index (χ3v) is 3.24. The number of aromatic amines is 1. The number of aromatic nitrogens is 3. The summed E-state index contributed by atoms with van der Waals surface area (Å²) in [6, 6.07) is 0. The van der Waals surface area contributed by atoms with E-state index in [1.165, 1.54) is 4.90 Å². The lowest BCUT2D eigenvalue weighted by Crippen LogP contribution is -2.41. The molecule has 1 aliphatic rings. The molecule has 1 fully saturated rings. The van der Waals surface area contributed by atoms with Crippen molar-refractivity contribution in [1.82, 2.24) is 25.4 Å². The summed E-state index contributed by atoms with van der Waals surface area (Å²) in [6.07, 6.45) is 0.651. The fourth-order valence-corrected chi connectivity index (χ4v) is 2.09. The Labute approximate surface area is 110 Å². The summed E-state index contributed by atoms with van der Waals surface area (Å²) in [5, 5.41) is 18.0. The number of hydrogen-bond acceptors (Lipinski definition) is 4. The maximum absolute atomic E-state index is 11.7. The maximum atomic E-state index is 11.7. The summed E-state index contributed by atoms with van der Waals surface area (Å²) in [6.45, 7) is 3.30. The number of likely N-dealkylation sites (tertiary alicyclic amines) is 1. The van der Waals surface area contributed by atoms with Crippen LogP contribution in [0.15, 0.2) is 0 Å². The van der Waals surface area contributed by atoms with Gasteiger partial charge >= 0.3 is 6.09 Å². The van der Waals surface area contributed by atoms with Crippen LogP contribution in [-0.4, -0.2) is 56.8 Å². The molecule has 3 N–H and O–H groups in total. The minimum absolute atomic E-state index is 0.139. The molecule has 0 atom stereocenters. The van der Waals surface area contributed by atoms with Crippen molar-refractivity contribution in [3.05, 3.63) is 11.6 Å². The molecule has 2 heterocycles. The molecule has 0 bridgehead atoms. The summed E-state index contributed by atoms with van der Waals surface area (Å²) in [5.41, 5.74) is 0. The topological polar surface area (TPSA) is 111 Å². The molecule has 8 nitrogen and oxygen atoms in total. The van der Waals surface area contributed by atoms with Crippen molar-refractivity contribution in [2.24, 2.45) is 5.92 Å². The van der Waals surface area contributed by atoms with Crippen molar-refractivity contribution in [3.63, 3.8) is 0 Å². The fourth-order valence-electron chi connectivity index (χ4n) is 2.09. The normalized spacial score (nSPS) is 16.4. The monoisotopic (exact) mass is 267 g/mol. The van der Waals surface area contributed by atoms with E-state index < -0.39 is 6.09 Å². The van der Waals surface area contributed by atoms with Crippen LogP contribution in [0, 0.1) is 12.8 Å². The molecule has 1 aromatic heterocycles. The molecule has 0 unspecified atom stereocenters. The zero-order valence-electron chi connectivity index (χ0n) is 10.7. The van der Waals surface area contributed by atoms with Crippen LogP contribution in [0.4, 0.5) is 4.79 Å². The smallest absolute Gasteiger partial charge is 0.407 e. The first-order valence-electron chi connectivity index (χ1n) is 6.21. The Hall–Kier alpha value is -2.12. The molecular weight excluding hydrogens is 250 g/mol. The van der Waals surface area contributed by atoms with E-state index in [1.54, 1.807) is 6.92 Å². The molecule has 0 aromatic carbocycles. The number of nitrogens with zero attached hydrogens (tertiary/aromatic N) is 3. The van der Waals surface area contributed by atoms with E-state index >= 15 is 0 Å². The first kappa shape index (κ1) is 13.3. The Morgan fingerprint density at radius 1 is 1.47 bits per heavy atom. The van der Waals surface area contributed by atoms with Crippen LogP contribution in [0.2, 0.25) is 0 Å². The number of H-pyrrole nitrogens is 1. The van der Waals surface area contributed by atoms with Crippen molar-refractivity contribution < 1.29 is 14.7 Å². The lowest BCUT2D eigenvalue weighted by Gasteiger charge is -2.29. The van der Waals surface area contributed by atoms with E-state index in [4.69, 9.17) is 5.11 Å². The molecule has 2 rings (SSSR count). The van der Waals surface area contributed by atoms with Crippen molar-refractivity contribution >= 4 is 12.0 Å². The average Bonchev–Trinajstić information content (AvgIpc) is 2.83. The molecule has 1 aliphatic heterocycles. The van der Waals surface area contributed by atoms with E-state index in [0.717, 1.165) is 12.8 Å². The van der Waals surface area contributed by atoms with Gasteiger partial charge in [-0.1, -0.05) is 0 Å². The molecule has 2 amide bonds. The zero-order valence-corrected chi connectivity index (χ0v) is 10.7. The molecular formula is C11H17N5O3. The van der Waals surface area contributed by atoms with E-state index in [0.29, 0.717) is 31.4 Å². The number of amides is 2. The zero-order chi connectivity index (χ0) is 13.8. The molecule has 8 heteroatoms. The van der Waals surface area contributed by atoms with Gasteiger partial charge in [-0.05, 0) is 25.7 Å². The lowest BCUT2D eigenvalue weighted by molar-refractivity contribution is 0.0919. The second-order valence-electron chi connectivity index (χ2n) is 4.67. The molecule has 0 aliphatic carbocycles. The Morgan fingerprint density at radius 2 is 2.16 bits per heavy atom. The van der Waals surface area contributed by atoms with E-state index in [2.05, 4.69) is 20.5 Å². The van der Waals surface area contributed by atoms with Crippen LogP contribution in [0.3, 0.4) is 0 Å². The van der Waals surface area contributed by atoms with Crippen LogP contribution in [-0.2, 0) is 0 Å². The van der Waals surface area contributed by atoms with Gasteiger partial charge in [0.15, 0.2) is 0 Å². The number of piperidine rings is 1. The second kappa shape index (κ2) is 5.68. The Bertz CT molecular complexity index is 465. The maximum Gasteiger partial charge on any atom is 0.407 e. The standard InChI is InChI=1S/C11H17N5O3/c1-7-13-9(15-14-7)10(17)12-6-8-2-4-16(5-3-8)11(18)19/h8H,2-6H2,1H3,(H,12,17)(H,18,19)(H,13,14,15). The highest BCUT2D eigenvalue weighted by Crippen LogP contribution is 2.16. The van der Waals surface area contributed by atoms with E-state index in [9.17, 15) is 9.59 Å². The largest absolute Gasteiger partial charge is 0.465 e. The van der Waals surface area contributed by atoms with Gasteiger partial charge in [-0.25, -0.2) is 9.78 Å². The number of rotatable bonds is 3. The van der Waals surface area contributed by atoms with Crippen LogP contribution >= 0.6 is 0 Å². The van der Waals surface area contributed by atoms with Gasteiger partial charge in [-0.3, -0.25) is 9.89 Å². The number of nitrogens with one attached hydrogen (secondary N) is 2. The minimum atomic E-state index is -0.876. The van der Waals surface area contributed by atoms with E-state index in [1.807, 2.05) is 0 Å². The van der Waals surface area contributed by atoms with Gasteiger partial charge in [-0.15, -0.1) is 5.10 Å². The quantitative estimate of drug-likeness (QED) is 0.726. The highest BCUT2D eigenvalue weighted by atomic mass is 16.4. The van der Waals surface area contributed by atoms with Gasteiger partial charge in [0.05, 0.1) is 0 Å². The van der Waals surface area contributed by atoms with Gasteiger partial charge in [0.25, 0.3) is 5.91 Å². The van der Waals surface area contributed by atoms with Crippen LogP contribution in [0.5, 0.6) is 0 Å². The van der Waals surface area contributed by atoms with E-state index in [-0.39, 0.29) is 11.7 Å². The molecule has 0 saturated carbocycles. The van der Waals surface area contributed by atoms with Gasteiger partial charge in [-0.2, -0.15) is 0 Å². The van der Waals surface area contributed by atoms with Crippen LogP contribution in [0.25, 0.3) is 0 Å². The number of carbonyl (C=O) groups excluding carboxylic acids is 1. The summed E-state index contributed by atoms with van der Waals surface area (Å²) in [7, 11) is 0. The number of hydrogen-bond donors (Lipinski definition) is 3. The minimum Gasteiger partial charge on any atom is -0.465 e. The van der Waals surface area contributed by atoms with Gasteiger partial charge in [0.1, 0.15) is 5.82 Å². The molecule has 0 spiro atoms. The Kier molecular flexibility index (Phi) is 3.98. The first-order chi connectivity index (χ1) is 9.06. The molecule has 1 saturated heterocycles. The van der Waals surface area contributed by atoms with Gasteiger partial charge in [0, 0.05) is 19.6 Å². The molecule has 19 heavy (non-hydrogen) atoms. The van der Waals surface area contributed by atoms with Crippen molar-refractivity contribution in [3.8, 4) is 0 Å². The summed E-state index contributed by atoms with van der Waals surface area (Å²) in [5.74, 6) is 0.741. The van der Waals surface area contributed by atoms with Gasteiger partial charge in [0.2, 0.25) is 5.82 Å². The van der Waals surface area contributed by atoms with Crippen LogP contribution < -0.4 is 5.32 Å². The molecule has 104 valence electrons. The van der Waals surface area contributed by atoms with Crippen molar-refractivity contribution in [2.75, 3.05) is 19.6 Å².